The molecule has 0 spiro atoms. The lowest BCUT2D eigenvalue weighted by atomic mass is 10.2. The Hall–Kier alpha value is -1.94. The summed E-state index contributed by atoms with van der Waals surface area (Å²) >= 11 is 4.31. The van der Waals surface area contributed by atoms with Crippen LogP contribution in [-0.4, -0.2) is 18.0 Å². The van der Waals surface area contributed by atoms with Crippen molar-refractivity contribution in [2.45, 2.75) is 11.4 Å². The fraction of sp³-hybridized carbons (Fsp3) is 0.133. The topological polar surface area (TPSA) is 32.3 Å². The van der Waals surface area contributed by atoms with Gasteiger partial charge in [0.15, 0.2) is 0 Å². The maximum atomic E-state index is 12.0. The minimum atomic E-state index is -0.148. The van der Waals surface area contributed by atoms with Crippen molar-refractivity contribution in [3.8, 4) is 0 Å². The molecule has 0 saturated heterocycles. The smallest absolute Gasteiger partial charge is 0.321 e. The van der Waals surface area contributed by atoms with Crippen molar-refractivity contribution in [3.05, 3.63) is 60.2 Å². The highest BCUT2D eigenvalue weighted by molar-refractivity contribution is 7.80. The Morgan fingerprint density at radius 3 is 2.42 bits per heavy atom. The highest BCUT2D eigenvalue weighted by Crippen LogP contribution is 2.19. The van der Waals surface area contributed by atoms with E-state index < -0.39 is 0 Å². The highest BCUT2D eigenvalue weighted by Gasteiger charge is 2.10. The minimum absolute atomic E-state index is 0.148. The molecule has 2 aromatic carbocycles. The van der Waals surface area contributed by atoms with Crippen molar-refractivity contribution in [1.82, 2.24) is 4.90 Å². The van der Waals surface area contributed by atoms with E-state index in [1.807, 2.05) is 54.6 Å². The molecule has 0 atom stereocenters. The van der Waals surface area contributed by atoms with Gasteiger partial charge in [-0.15, -0.1) is 12.6 Å². The number of carbonyl (C=O) groups is 1. The number of nitrogens with one attached hydrogen (secondary N) is 1. The van der Waals surface area contributed by atoms with Gasteiger partial charge in [-0.1, -0.05) is 42.5 Å². The van der Waals surface area contributed by atoms with Crippen LogP contribution >= 0.6 is 12.6 Å². The molecule has 0 saturated carbocycles. The zero-order chi connectivity index (χ0) is 13.7. The van der Waals surface area contributed by atoms with Crippen molar-refractivity contribution in [2.75, 3.05) is 12.4 Å². The number of hydrogen-bond acceptors (Lipinski definition) is 2. The van der Waals surface area contributed by atoms with Crippen molar-refractivity contribution >= 4 is 24.3 Å². The third-order valence-corrected chi connectivity index (χ3v) is 3.14. The second-order valence-corrected chi connectivity index (χ2v) is 4.77. The molecule has 19 heavy (non-hydrogen) atoms. The zero-order valence-corrected chi connectivity index (χ0v) is 11.6. The van der Waals surface area contributed by atoms with Crippen molar-refractivity contribution in [2.24, 2.45) is 0 Å². The second-order valence-electron chi connectivity index (χ2n) is 4.29. The number of carbonyl (C=O) groups excluding carboxylic acids is 1. The molecule has 4 heteroatoms. The Balaban J connectivity index is 1.99. The summed E-state index contributed by atoms with van der Waals surface area (Å²) in [5.41, 5.74) is 1.81. The molecule has 2 aromatic rings. The molecule has 0 aliphatic rings. The normalized spacial score (nSPS) is 10.0. The predicted octanol–water partition coefficient (Wildman–Crippen LogP) is 3.64. The monoisotopic (exact) mass is 272 g/mol. The first kappa shape index (κ1) is 13.5. The Bertz CT molecular complexity index is 557. The SMILES string of the molecule is CN(Cc1ccccc1)C(=O)Nc1ccccc1S. The molecule has 2 rings (SSSR count). The number of para-hydroxylation sites is 1. The standard InChI is InChI=1S/C15H16N2OS/c1-17(11-12-7-3-2-4-8-12)15(18)16-13-9-5-6-10-14(13)19/h2-10,19H,11H2,1H3,(H,16,18). The number of anilines is 1. The first-order chi connectivity index (χ1) is 9.16. The predicted molar refractivity (Wildman–Crippen MR) is 80.6 cm³/mol. The summed E-state index contributed by atoms with van der Waals surface area (Å²) in [6, 6.07) is 17.2. The van der Waals surface area contributed by atoms with E-state index in [0.29, 0.717) is 6.54 Å². The average Bonchev–Trinajstić information content (AvgIpc) is 2.42. The summed E-state index contributed by atoms with van der Waals surface area (Å²) in [7, 11) is 1.77. The van der Waals surface area contributed by atoms with Gasteiger partial charge in [-0.25, -0.2) is 4.79 Å². The molecule has 0 unspecified atom stereocenters. The first-order valence-corrected chi connectivity index (χ1v) is 6.45. The van der Waals surface area contributed by atoms with E-state index in [1.54, 1.807) is 11.9 Å². The van der Waals surface area contributed by atoms with Gasteiger partial charge in [0.2, 0.25) is 0 Å². The largest absolute Gasteiger partial charge is 0.323 e. The third kappa shape index (κ3) is 3.76. The van der Waals surface area contributed by atoms with Crippen LogP contribution in [0.2, 0.25) is 0 Å². The van der Waals surface area contributed by atoms with Crippen molar-refractivity contribution in [1.29, 1.82) is 0 Å². The quantitative estimate of drug-likeness (QED) is 0.822. The van der Waals surface area contributed by atoms with Crippen LogP contribution in [0.15, 0.2) is 59.5 Å². The maximum absolute atomic E-state index is 12.0. The van der Waals surface area contributed by atoms with Gasteiger partial charge in [-0.3, -0.25) is 0 Å². The van der Waals surface area contributed by atoms with Crippen LogP contribution in [0.5, 0.6) is 0 Å². The maximum Gasteiger partial charge on any atom is 0.321 e. The van der Waals surface area contributed by atoms with Gasteiger partial charge in [0.25, 0.3) is 0 Å². The van der Waals surface area contributed by atoms with Gasteiger partial charge >= 0.3 is 6.03 Å². The lowest BCUT2D eigenvalue weighted by molar-refractivity contribution is 0.220. The van der Waals surface area contributed by atoms with Gasteiger partial charge in [-0.05, 0) is 17.7 Å². The Morgan fingerprint density at radius 2 is 1.74 bits per heavy atom. The fourth-order valence-corrected chi connectivity index (χ4v) is 1.94. The molecule has 0 radical (unpaired) electrons. The lowest BCUT2D eigenvalue weighted by Crippen LogP contribution is -2.30. The molecule has 3 nitrogen and oxygen atoms in total. The molecule has 0 aromatic heterocycles. The van der Waals surface area contributed by atoms with Gasteiger partial charge in [0.1, 0.15) is 0 Å². The van der Waals surface area contributed by atoms with Crippen LogP contribution in [0, 0.1) is 0 Å². The molecular weight excluding hydrogens is 256 g/mol. The Kier molecular flexibility index (Phi) is 4.47. The molecule has 0 aliphatic carbocycles. The zero-order valence-electron chi connectivity index (χ0n) is 10.7. The van der Waals surface area contributed by atoms with Crippen LogP contribution in [-0.2, 0) is 6.54 Å². The van der Waals surface area contributed by atoms with Crippen LogP contribution in [0.25, 0.3) is 0 Å². The molecule has 0 fully saturated rings. The van der Waals surface area contributed by atoms with Crippen LogP contribution in [0.1, 0.15) is 5.56 Å². The molecule has 98 valence electrons. The van der Waals surface area contributed by atoms with E-state index in [2.05, 4.69) is 17.9 Å². The van der Waals surface area contributed by atoms with Gasteiger partial charge in [0.05, 0.1) is 5.69 Å². The molecule has 0 aliphatic heterocycles. The van der Waals surface area contributed by atoms with Crippen LogP contribution in [0.4, 0.5) is 10.5 Å². The Labute approximate surface area is 118 Å². The number of rotatable bonds is 3. The Morgan fingerprint density at radius 1 is 1.11 bits per heavy atom. The number of benzene rings is 2. The van der Waals surface area contributed by atoms with E-state index in [4.69, 9.17) is 0 Å². The summed E-state index contributed by atoms with van der Waals surface area (Å²) in [6.07, 6.45) is 0. The third-order valence-electron chi connectivity index (χ3n) is 2.75. The van der Waals surface area contributed by atoms with E-state index in [0.717, 1.165) is 16.1 Å². The number of amides is 2. The summed E-state index contributed by atoms with van der Waals surface area (Å²) < 4.78 is 0. The minimum Gasteiger partial charge on any atom is -0.323 e. The summed E-state index contributed by atoms with van der Waals surface area (Å²) in [4.78, 5) is 14.4. The first-order valence-electron chi connectivity index (χ1n) is 6.01. The molecule has 1 N–H and O–H groups in total. The van der Waals surface area contributed by atoms with Crippen LogP contribution in [0.3, 0.4) is 0 Å². The van der Waals surface area contributed by atoms with Gasteiger partial charge in [0, 0.05) is 18.5 Å². The molecule has 0 bridgehead atoms. The average molecular weight is 272 g/mol. The molecule has 2 amide bonds. The summed E-state index contributed by atoms with van der Waals surface area (Å²) in [6.45, 7) is 0.571. The number of nitrogens with zero attached hydrogens (tertiary/aromatic N) is 1. The fourth-order valence-electron chi connectivity index (χ4n) is 1.72. The molecule has 0 heterocycles. The number of hydrogen-bond donors (Lipinski definition) is 2. The van der Waals surface area contributed by atoms with E-state index in [-0.39, 0.29) is 6.03 Å². The highest BCUT2D eigenvalue weighted by atomic mass is 32.1. The summed E-state index contributed by atoms with van der Waals surface area (Å²) in [5, 5.41) is 2.84. The number of urea groups is 1. The second kappa shape index (κ2) is 6.29. The molecular formula is C15H16N2OS. The van der Waals surface area contributed by atoms with E-state index in [1.165, 1.54) is 0 Å². The lowest BCUT2D eigenvalue weighted by Gasteiger charge is -2.18. The van der Waals surface area contributed by atoms with Gasteiger partial charge < -0.3 is 10.2 Å². The van der Waals surface area contributed by atoms with Crippen molar-refractivity contribution in [3.63, 3.8) is 0 Å². The van der Waals surface area contributed by atoms with E-state index >= 15 is 0 Å². The van der Waals surface area contributed by atoms with E-state index in [9.17, 15) is 4.79 Å². The number of thiol groups is 1. The summed E-state index contributed by atoms with van der Waals surface area (Å²) in [5.74, 6) is 0. The van der Waals surface area contributed by atoms with Crippen LogP contribution < -0.4 is 5.32 Å². The van der Waals surface area contributed by atoms with Gasteiger partial charge in [-0.2, -0.15) is 0 Å². The van der Waals surface area contributed by atoms with Crippen molar-refractivity contribution < 1.29 is 4.79 Å².